The van der Waals surface area contributed by atoms with Gasteiger partial charge in [0, 0.05) is 23.1 Å². The molecule has 0 spiro atoms. The number of benzene rings is 3. The number of ether oxygens (including phenoxy) is 2. The maximum Gasteiger partial charge on any atom is 0.264 e. The minimum Gasteiger partial charge on any atom is -0.493 e. The molecular formula is C32H38BrN3O6S. The Labute approximate surface area is 262 Å². The summed E-state index contributed by atoms with van der Waals surface area (Å²) >= 11 is 3.47. The highest BCUT2D eigenvalue weighted by Crippen LogP contribution is 2.32. The smallest absolute Gasteiger partial charge is 0.264 e. The second-order valence-corrected chi connectivity index (χ2v) is 13.5. The Hall–Kier alpha value is -3.57. The minimum atomic E-state index is -4.26. The molecule has 43 heavy (non-hydrogen) atoms. The summed E-state index contributed by atoms with van der Waals surface area (Å²) in [6, 6.07) is 17.9. The van der Waals surface area contributed by atoms with E-state index in [1.807, 2.05) is 31.2 Å². The number of amides is 2. The Morgan fingerprint density at radius 2 is 1.65 bits per heavy atom. The van der Waals surface area contributed by atoms with Crippen molar-refractivity contribution in [2.75, 3.05) is 25.1 Å². The van der Waals surface area contributed by atoms with Crippen LogP contribution < -0.4 is 19.1 Å². The summed E-state index contributed by atoms with van der Waals surface area (Å²) in [5.74, 6) is -0.160. The number of carbonyl (C=O) groups is 2. The van der Waals surface area contributed by atoms with Crippen molar-refractivity contribution in [1.82, 2.24) is 10.2 Å². The fourth-order valence-corrected chi connectivity index (χ4v) is 7.03. The fourth-order valence-electron chi connectivity index (χ4n) is 5.15. The van der Waals surface area contributed by atoms with Crippen molar-refractivity contribution in [3.05, 3.63) is 82.3 Å². The molecule has 9 nitrogen and oxygen atoms in total. The van der Waals surface area contributed by atoms with Crippen LogP contribution in [-0.4, -0.2) is 58.0 Å². The Morgan fingerprint density at radius 3 is 2.28 bits per heavy atom. The van der Waals surface area contributed by atoms with E-state index in [0.717, 1.165) is 45.6 Å². The summed E-state index contributed by atoms with van der Waals surface area (Å²) < 4.78 is 40.8. The molecule has 0 unspecified atom stereocenters. The lowest BCUT2D eigenvalue weighted by molar-refractivity contribution is -0.139. The van der Waals surface area contributed by atoms with E-state index in [1.54, 1.807) is 31.2 Å². The molecular weight excluding hydrogens is 634 g/mol. The van der Waals surface area contributed by atoms with E-state index < -0.39 is 28.5 Å². The average Bonchev–Trinajstić information content (AvgIpc) is 3.51. The largest absolute Gasteiger partial charge is 0.493 e. The molecule has 4 rings (SSSR count). The van der Waals surface area contributed by atoms with E-state index in [4.69, 9.17) is 9.47 Å². The molecule has 1 N–H and O–H groups in total. The standard InChI is InChI=1S/C32H38BrN3O6S/c1-22-12-14-27(15-13-22)36(43(39,40)28-16-17-29(41-3)30(19-28)42-4)21-31(37)35(20-24-8-7-9-25(33)18-24)23(2)32(38)34-26-10-5-6-11-26/h7-9,12-19,23,26H,5-6,10-11,20-21H2,1-4H3,(H,34,38)/t23-/m1/s1. The van der Waals surface area contributed by atoms with Gasteiger partial charge in [0.1, 0.15) is 12.6 Å². The third kappa shape index (κ3) is 7.88. The van der Waals surface area contributed by atoms with Gasteiger partial charge in [-0.25, -0.2) is 8.42 Å². The van der Waals surface area contributed by atoms with Gasteiger partial charge in [-0.1, -0.05) is 58.6 Å². The number of nitrogens with zero attached hydrogens (tertiary/aromatic N) is 2. The van der Waals surface area contributed by atoms with Gasteiger partial charge < -0.3 is 19.7 Å². The van der Waals surface area contributed by atoms with E-state index in [1.165, 1.54) is 37.3 Å². The van der Waals surface area contributed by atoms with Crippen LogP contribution in [-0.2, 0) is 26.2 Å². The Morgan fingerprint density at radius 1 is 0.977 bits per heavy atom. The van der Waals surface area contributed by atoms with Crippen LogP contribution in [0.5, 0.6) is 11.5 Å². The maximum absolute atomic E-state index is 14.2. The zero-order chi connectivity index (χ0) is 31.1. The average molecular weight is 673 g/mol. The fraction of sp³-hybridized carbons (Fsp3) is 0.375. The highest BCUT2D eigenvalue weighted by Gasteiger charge is 2.33. The number of carbonyl (C=O) groups excluding carboxylic acids is 2. The topological polar surface area (TPSA) is 105 Å². The van der Waals surface area contributed by atoms with Crippen LogP contribution in [0.3, 0.4) is 0 Å². The number of aryl methyl sites for hydroxylation is 1. The first-order valence-electron chi connectivity index (χ1n) is 14.2. The van der Waals surface area contributed by atoms with Crippen molar-refractivity contribution in [1.29, 1.82) is 0 Å². The van der Waals surface area contributed by atoms with E-state index >= 15 is 0 Å². The molecule has 1 aliphatic carbocycles. The molecule has 1 fully saturated rings. The molecule has 3 aromatic rings. The molecule has 0 bridgehead atoms. The second-order valence-electron chi connectivity index (χ2n) is 10.7. The quantitative estimate of drug-likeness (QED) is 0.275. The van der Waals surface area contributed by atoms with Gasteiger partial charge in [0.2, 0.25) is 11.8 Å². The lowest BCUT2D eigenvalue weighted by Gasteiger charge is -2.32. The van der Waals surface area contributed by atoms with Crippen LogP contribution in [0.2, 0.25) is 0 Å². The lowest BCUT2D eigenvalue weighted by Crippen LogP contribution is -2.52. The molecule has 1 atom stereocenters. The number of sulfonamides is 1. The van der Waals surface area contributed by atoms with Crippen molar-refractivity contribution in [3.8, 4) is 11.5 Å². The predicted molar refractivity (Wildman–Crippen MR) is 170 cm³/mol. The first kappa shape index (κ1) is 32.3. The molecule has 0 radical (unpaired) electrons. The van der Waals surface area contributed by atoms with Gasteiger partial charge in [-0.15, -0.1) is 0 Å². The van der Waals surface area contributed by atoms with E-state index in [9.17, 15) is 18.0 Å². The van der Waals surface area contributed by atoms with Gasteiger partial charge in [-0.3, -0.25) is 13.9 Å². The van der Waals surface area contributed by atoms with Gasteiger partial charge in [-0.05, 0) is 68.7 Å². The molecule has 0 aliphatic heterocycles. The van der Waals surface area contributed by atoms with E-state index in [0.29, 0.717) is 11.4 Å². The second kappa shape index (κ2) is 14.3. The van der Waals surface area contributed by atoms with Crippen molar-refractivity contribution in [2.45, 2.75) is 63.1 Å². The third-order valence-corrected chi connectivity index (χ3v) is 9.92. The molecule has 0 saturated heterocycles. The normalized spacial score (nSPS) is 14.2. The maximum atomic E-state index is 14.2. The van der Waals surface area contributed by atoms with Crippen molar-refractivity contribution < 1.29 is 27.5 Å². The molecule has 230 valence electrons. The highest BCUT2D eigenvalue weighted by molar-refractivity contribution is 9.10. The molecule has 2 amide bonds. The van der Waals surface area contributed by atoms with Gasteiger partial charge >= 0.3 is 0 Å². The Balaban J connectivity index is 1.71. The molecule has 1 aliphatic rings. The Bertz CT molecular complexity index is 1540. The number of hydrogen-bond donors (Lipinski definition) is 1. The lowest BCUT2D eigenvalue weighted by atomic mass is 10.1. The minimum absolute atomic E-state index is 0.0657. The molecule has 1 saturated carbocycles. The van der Waals surface area contributed by atoms with Gasteiger partial charge in [0.05, 0.1) is 24.8 Å². The van der Waals surface area contributed by atoms with Crippen LogP contribution in [0.4, 0.5) is 5.69 Å². The van der Waals surface area contributed by atoms with Crippen LogP contribution in [0.1, 0.15) is 43.7 Å². The summed E-state index contributed by atoms with van der Waals surface area (Å²) in [6.45, 7) is 3.18. The SMILES string of the molecule is COc1ccc(S(=O)(=O)N(CC(=O)N(Cc2cccc(Br)c2)[C@H](C)C(=O)NC2CCCC2)c2ccc(C)cc2)cc1OC. The van der Waals surface area contributed by atoms with Crippen LogP contribution in [0.25, 0.3) is 0 Å². The van der Waals surface area contributed by atoms with Crippen molar-refractivity contribution >= 4 is 43.5 Å². The van der Waals surface area contributed by atoms with Crippen LogP contribution in [0, 0.1) is 6.92 Å². The van der Waals surface area contributed by atoms with Crippen LogP contribution in [0.15, 0.2) is 76.1 Å². The third-order valence-electron chi connectivity index (χ3n) is 7.65. The summed E-state index contributed by atoms with van der Waals surface area (Å²) in [7, 11) is -1.37. The van der Waals surface area contributed by atoms with E-state index in [2.05, 4.69) is 21.2 Å². The first-order chi connectivity index (χ1) is 20.5. The van der Waals surface area contributed by atoms with Gasteiger partial charge in [0.25, 0.3) is 10.0 Å². The zero-order valence-electron chi connectivity index (χ0n) is 24.9. The van der Waals surface area contributed by atoms with Crippen molar-refractivity contribution in [2.24, 2.45) is 0 Å². The van der Waals surface area contributed by atoms with Crippen LogP contribution >= 0.6 is 15.9 Å². The number of hydrogen-bond acceptors (Lipinski definition) is 6. The first-order valence-corrected chi connectivity index (χ1v) is 16.4. The van der Waals surface area contributed by atoms with Gasteiger partial charge in [-0.2, -0.15) is 0 Å². The van der Waals surface area contributed by atoms with Crippen molar-refractivity contribution in [3.63, 3.8) is 0 Å². The summed E-state index contributed by atoms with van der Waals surface area (Å²) in [6.07, 6.45) is 3.92. The number of nitrogens with one attached hydrogen (secondary N) is 1. The zero-order valence-corrected chi connectivity index (χ0v) is 27.3. The molecule has 0 heterocycles. The molecule has 0 aromatic heterocycles. The monoisotopic (exact) mass is 671 g/mol. The predicted octanol–water partition coefficient (Wildman–Crippen LogP) is 5.45. The summed E-state index contributed by atoms with van der Waals surface area (Å²) in [4.78, 5) is 28.9. The number of halogens is 1. The van der Waals surface area contributed by atoms with E-state index in [-0.39, 0.29) is 29.1 Å². The van der Waals surface area contributed by atoms with Gasteiger partial charge in [0.15, 0.2) is 11.5 Å². The number of methoxy groups -OCH3 is 2. The molecule has 3 aromatic carbocycles. The Kier molecular flexibility index (Phi) is 10.7. The highest BCUT2D eigenvalue weighted by atomic mass is 79.9. The summed E-state index contributed by atoms with van der Waals surface area (Å²) in [5, 5.41) is 3.08. The number of anilines is 1. The number of rotatable bonds is 12. The summed E-state index contributed by atoms with van der Waals surface area (Å²) in [5.41, 5.74) is 2.05. The molecule has 11 heteroatoms.